The minimum absolute atomic E-state index is 0.0338. The first-order valence-electron chi connectivity index (χ1n) is 15.5. The molecule has 1 fully saturated rings. The molecule has 45 heavy (non-hydrogen) atoms. The van der Waals surface area contributed by atoms with Crippen LogP contribution in [0, 0.1) is 24.5 Å². The van der Waals surface area contributed by atoms with Gasteiger partial charge in [-0.15, -0.1) is 0 Å². The van der Waals surface area contributed by atoms with Crippen LogP contribution in [0.25, 0.3) is 22.3 Å². The molecule has 240 valence electrons. The molecular formula is C33H42F2N8O2. The van der Waals surface area contributed by atoms with E-state index in [1.807, 2.05) is 46.1 Å². The second kappa shape index (κ2) is 13.0. The largest absolute Gasteiger partial charge is 0.443 e. The number of imidazole rings is 1. The lowest BCUT2D eigenvalue weighted by molar-refractivity contribution is 0.0568. The highest BCUT2D eigenvalue weighted by Gasteiger charge is 2.28. The average Bonchev–Trinajstić information content (AvgIpc) is 3.33. The van der Waals surface area contributed by atoms with Crippen molar-refractivity contribution in [3.63, 3.8) is 0 Å². The van der Waals surface area contributed by atoms with Crippen LogP contribution in [0.3, 0.4) is 0 Å². The van der Waals surface area contributed by atoms with Crippen molar-refractivity contribution in [2.45, 2.75) is 73.0 Å². The van der Waals surface area contributed by atoms with Gasteiger partial charge in [0.25, 0.3) is 0 Å². The topological polar surface area (TPSA) is 101 Å². The number of aryl methyl sites for hydroxylation is 1. The second-order valence-corrected chi connectivity index (χ2v) is 12.8. The number of carbonyl (C=O) groups excluding carboxylic acids is 1. The number of hydrogen-bond donors (Lipinski definition) is 1. The summed E-state index contributed by atoms with van der Waals surface area (Å²) in [5, 5.41) is 3.00. The maximum Gasteiger partial charge on any atom is 0.414 e. The fourth-order valence-electron chi connectivity index (χ4n) is 5.77. The van der Waals surface area contributed by atoms with E-state index in [-0.39, 0.29) is 28.8 Å². The number of piperidine rings is 1. The standard InChI is InChI=1S/C33H42F2N8O2/c1-8-41-13-11-22(12-14-41)19-42(32(44)45-33(5,6)7)24-9-10-28(36-17-24)39-31-37-18-26(35)29(40-31)23-15-25(34)30-27(16-23)43(20(2)3)21(4)38-30/h9-10,15-18,20,22H,8,11-14,19H2,1-7H3,(H,36,37,39,40). The highest BCUT2D eigenvalue weighted by atomic mass is 19.1. The molecule has 0 unspecified atom stereocenters. The van der Waals surface area contributed by atoms with Crippen LogP contribution in [-0.4, -0.2) is 67.3 Å². The molecular weight excluding hydrogens is 578 g/mol. The number of benzene rings is 1. The number of likely N-dealkylation sites (tertiary alicyclic amines) is 1. The van der Waals surface area contributed by atoms with Gasteiger partial charge in [0.1, 0.15) is 28.5 Å². The number of nitrogens with one attached hydrogen (secondary N) is 1. The molecule has 1 aromatic carbocycles. The van der Waals surface area contributed by atoms with Gasteiger partial charge < -0.3 is 19.5 Å². The van der Waals surface area contributed by atoms with Gasteiger partial charge in [-0.1, -0.05) is 6.92 Å². The summed E-state index contributed by atoms with van der Waals surface area (Å²) < 4.78 is 37.7. The second-order valence-electron chi connectivity index (χ2n) is 12.8. The van der Waals surface area contributed by atoms with Gasteiger partial charge in [0.15, 0.2) is 11.6 Å². The molecule has 10 nitrogen and oxygen atoms in total. The van der Waals surface area contributed by atoms with Crippen LogP contribution < -0.4 is 10.2 Å². The Labute approximate surface area is 262 Å². The Kier molecular flexibility index (Phi) is 9.33. The van der Waals surface area contributed by atoms with E-state index in [1.54, 1.807) is 29.3 Å². The van der Waals surface area contributed by atoms with Gasteiger partial charge in [0, 0.05) is 18.2 Å². The lowest BCUT2D eigenvalue weighted by atomic mass is 9.96. The Bertz CT molecular complexity index is 1660. The molecule has 1 amide bonds. The Morgan fingerprint density at radius 2 is 1.82 bits per heavy atom. The Hall–Kier alpha value is -4.19. The van der Waals surface area contributed by atoms with Crippen molar-refractivity contribution in [3.05, 3.63) is 54.1 Å². The number of anilines is 3. The fourth-order valence-corrected chi connectivity index (χ4v) is 5.77. The summed E-state index contributed by atoms with van der Waals surface area (Å²) in [5.74, 6) is 0.256. The summed E-state index contributed by atoms with van der Waals surface area (Å²) in [6, 6.07) is 6.45. The van der Waals surface area contributed by atoms with E-state index in [9.17, 15) is 9.18 Å². The smallest absolute Gasteiger partial charge is 0.414 e. The molecule has 0 spiro atoms. The van der Waals surface area contributed by atoms with Crippen molar-refractivity contribution < 1.29 is 18.3 Å². The molecule has 1 aliphatic heterocycles. The zero-order chi connectivity index (χ0) is 32.5. The molecule has 0 saturated carbocycles. The van der Waals surface area contributed by atoms with Crippen LogP contribution in [0.1, 0.15) is 66.3 Å². The number of rotatable bonds is 8. The van der Waals surface area contributed by atoms with Gasteiger partial charge in [0.2, 0.25) is 5.95 Å². The Morgan fingerprint density at radius 1 is 1.09 bits per heavy atom. The molecule has 3 aromatic heterocycles. The number of hydrogen-bond acceptors (Lipinski definition) is 8. The molecule has 1 N–H and O–H groups in total. The first-order valence-corrected chi connectivity index (χ1v) is 15.5. The number of pyridine rings is 1. The van der Waals surface area contributed by atoms with Gasteiger partial charge in [-0.25, -0.2) is 33.5 Å². The predicted octanol–water partition coefficient (Wildman–Crippen LogP) is 7.27. The lowest BCUT2D eigenvalue weighted by Crippen LogP contribution is -2.43. The van der Waals surface area contributed by atoms with Crippen molar-refractivity contribution in [1.82, 2.24) is 29.4 Å². The summed E-state index contributed by atoms with van der Waals surface area (Å²) in [4.78, 5) is 34.6. The number of fused-ring (bicyclic) bond motifs is 1. The van der Waals surface area contributed by atoms with Gasteiger partial charge in [-0.3, -0.25) is 4.90 Å². The molecule has 1 aliphatic rings. The first-order chi connectivity index (χ1) is 21.3. The Balaban J connectivity index is 1.38. The van der Waals surface area contributed by atoms with Crippen LogP contribution in [-0.2, 0) is 4.74 Å². The number of ether oxygens (including phenoxy) is 1. The first kappa shape index (κ1) is 32.2. The van der Waals surface area contributed by atoms with Crippen molar-refractivity contribution in [1.29, 1.82) is 0 Å². The third-order valence-electron chi connectivity index (χ3n) is 7.97. The van der Waals surface area contributed by atoms with Crippen molar-refractivity contribution in [2.24, 2.45) is 5.92 Å². The van der Waals surface area contributed by atoms with Gasteiger partial charge in [-0.2, -0.15) is 0 Å². The summed E-state index contributed by atoms with van der Waals surface area (Å²) in [5.41, 5.74) is 0.972. The minimum atomic E-state index is -0.687. The van der Waals surface area contributed by atoms with Crippen LogP contribution >= 0.6 is 0 Å². The van der Waals surface area contributed by atoms with Crippen molar-refractivity contribution >= 4 is 34.6 Å². The predicted molar refractivity (Wildman–Crippen MR) is 172 cm³/mol. The highest BCUT2D eigenvalue weighted by molar-refractivity contribution is 5.88. The van der Waals surface area contributed by atoms with Gasteiger partial charge in [-0.05, 0) is 104 Å². The van der Waals surface area contributed by atoms with Crippen molar-refractivity contribution in [3.8, 4) is 11.3 Å². The number of amides is 1. The molecule has 0 aliphatic carbocycles. The van der Waals surface area contributed by atoms with E-state index in [4.69, 9.17) is 4.74 Å². The van der Waals surface area contributed by atoms with E-state index in [0.29, 0.717) is 35.3 Å². The SMILES string of the molecule is CCN1CCC(CN(C(=O)OC(C)(C)C)c2ccc(Nc3ncc(F)c(-c4cc(F)c5nc(C)n(C(C)C)c5c4)n3)nc2)CC1. The molecule has 0 radical (unpaired) electrons. The van der Waals surface area contributed by atoms with Gasteiger partial charge in [0.05, 0.1) is 23.6 Å². The third kappa shape index (κ3) is 7.38. The van der Waals surface area contributed by atoms with Crippen LogP contribution in [0.5, 0.6) is 0 Å². The van der Waals surface area contributed by atoms with E-state index < -0.39 is 23.3 Å². The Morgan fingerprint density at radius 3 is 2.44 bits per heavy atom. The van der Waals surface area contributed by atoms with Crippen LogP contribution in [0.15, 0.2) is 36.7 Å². The molecule has 5 rings (SSSR count). The third-order valence-corrected chi connectivity index (χ3v) is 7.97. The van der Waals surface area contributed by atoms with E-state index >= 15 is 4.39 Å². The average molecular weight is 621 g/mol. The highest BCUT2D eigenvalue weighted by Crippen LogP contribution is 2.31. The summed E-state index contributed by atoms with van der Waals surface area (Å²) in [6.07, 6.45) is 4.21. The van der Waals surface area contributed by atoms with Gasteiger partial charge >= 0.3 is 6.09 Å². The molecule has 12 heteroatoms. The fraction of sp³-hybridized carbons (Fsp3) is 0.485. The minimum Gasteiger partial charge on any atom is -0.443 e. The number of nitrogens with zero attached hydrogens (tertiary/aromatic N) is 7. The van der Waals surface area contributed by atoms with E-state index in [1.165, 1.54) is 6.07 Å². The summed E-state index contributed by atoms with van der Waals surface area (Å²) >= 11 is 0. The van der Waals surface area contributed by atoms with E-state index in [0.717, 1.165) is 38.7 Å². The monoisotopic (exact) mass is 620 g/mol. The summed E-state index contributed by atoms with van der Waals surface area (Å²) in [7, 11) is 0. The zero-order valence-electron chi connectivity index (χ0n) is 27.1. The lowest BCUT2D eigenvalue weighted by Gasteiger charge is -2.35. The number of aromatic nitrogens is 5. The molecule has 4 heterocycles. The normalized spacial score (nSPS) is 14.7. The van der Waals surface area contributed by atoms with E-state index in [2.05, 4.69) is 37.1 Å². The van der Waals surface area contributed by atoms with Crippen LogP contribution in [0.2, 0.25) is 0 Å². The summed E-state index contributed by atoms with van der Waals surface area (Å²) in [6.45, 7) is 17.0. The molecule has 0 atom stereocenters. The zero-order valence-corrected chi connectivity index (χ0v) is 27.1. The maximum atomic E-state index is 15.1. The number of halogens is 2. The quantitative estimate of drug-likeness (QED) is 0.219. The maximum absolute atomic E-state index is 15.1. The van der Waals surface area contributed by atoms with Crippen LogP contribution in [0.4, 0.5) is 31.0 Å². The molecule has 4 aromatic rings. The van der Waals surface area contributed by atoms with Crippen molar-refractivity contribution in [2.75, 3.05) is 36.4 Å². The number of carbonyl (C=O) groups is 1. The molecule has 0 bridgehead atoms. The molecule has 1 saturated heterocycles.